The molecule has 0 atom stereocenters. The fourth-order valence-corrected chi connectivity index (χ4v) is 3.61. The maximum absolute atomic E-state index is 12.0. The lowest BCUT2D eigenvalue weighted by Crippen LogP contribution is -2.14. The van der Waals surface area contributed by atoms with Crippen molar-refractivity contribution >= 4 is 45.7 Å². The zero-order valence-electron chi connectivity index (χ0n) is 13.1. The number of hydrogen-bond acceptors (Lipinski definition) is 6. The Kier molecular flexibility index (Phi) is 5.85. The van der Waals surface area contributed by atoms with E-state index in [9.17, 15) is 4.79 Å². The SMILES string of the molecule is C=CCn1c(SCC(=O)Nc2nccs2)nnc1-c1ccccc1Cl. The zero-order chi connectivity index (χ0) is 17.6. The van der Waals surface area contributed by atoms with Crippen molar-refractivity contribution in [3.63, 3.8) is 0 Å². The highest BCUT2D eigenvalue weighted by Gasteiger charge is 2.16. The van der Waals surface area contributed by atoms with Crippen LogP contribution in [0.2, 0.25) is 5.02 Å². The summed E-state index contributed by atoms with van der Waals surface area (Å²) in [6, 6.07) is 7.44. The number of benzene rings is 1. The van der Waals surface area contributed by atoms with Gasteiger partial charge in [-0.1, -0.05) is 41.6 Å². The molecule has 128 valence electrons. The monoisotopic (exact) mass is 391 g/mol. The highest BCUT2D eigenvalue weighted by Crippen LogP contribution is 2.29. The minimum absolute atomic E-state index is 0.146. The molecule has 0 saturated heterocycles. The van der Waals surface area contributed by atoms with Crippen LogP contribution < -0.4 is 5.32 Å². The largest absolute Gasteiger partial charge is 0.301 e. The second-order valence-corrected chi connectivity index (χ2v) is 7.10. The number of carbonyl (C=O) groups excluding carboxylic acids is 1. The maximum Gasteiger partial charge on any atom is 0.236 e. The fraction of sp³-hybridized carbons (Fsp3) is 0.125. The molecular formula is C16H14ClN5OS2. The fourth-order valence-electron chi connectivity index (χ4n) is 2.10. The van der Waals surface area contributed by atoms with Crippen molar-refractivity contribution in [2.24, 2.45) is 0 Å². The molecule has 1 N–H and O–H groups in total. The molecule has 3 aromatic rings. The van der Waals surface area contributed by atoms with Gasteiger partial charge in [-0.15, -0.1) is 28.1 Å². The van der Waals surface area contributed by atoms with Crippen molar-refractivity contribution < 1.29 is 4.79 Å². The highest BCUT2D eigenvalue weighted by molar-refractivity contribution is 7.99. The van der Waals surface area contributed by atoms with E-state index in [0.29, 0.717) is 27.7 Å². The Morgan fingerprint density at radius 1 is 1.40 bits per heavy atom. The molecular weight excluding hydrogens is 378 g/mol. The molecule has 1 aromatic carbocycles. The Morgan fingerprint density at radius 3 is 2.96 bits per heavy atom. The highest BCUT2D eigenvalue weighted by atomic mass is 35.5. The molecule has 25 heavy (non-hydrogen) atoms. The van der Waals surface area contributed by atoms with E-state index in [2.05, 4.69) is 27.1 Å². The van der Waals surface area contributed by atoms with Gasteiger partial charge in [0, 0.05) is 23.7 Å². The van der Waals surface area contributed by atoms with E-state index in [-0.39, 0.29) is 11.7 Å². The number of thiazole rings is 1. The van der Waals surface area contributed by atoms with Gasteiger partial charge in [-0.25, -0.2) is 4.98 Å². The molecule has 0 fully saturated rings. The number of allylic oxidation sites excluding steroid dienone is 1. The Bertz CT molecular complexity index is 879. The van der Waals surface area contributed by atoms with Crippen LogP contribution in [0.4, 0.5) is 5.13 Å². The van der Waals surface area contributed by atoms with Crippen LogP contribution in [-0.2, 0) is 11.3 Å². The van der Waals surface area contributed by atoms with E-state index in [1.165, 1.54) is 23.1 Å². The summed E-state index contributed by atoms with van der Waals surface area (Å²) in [5.74, 6) is 0.706. The summed E-state index contributed by atoms with van der Waals surface area (Å²) in [5.41, 5.74) is 0.789. The van der Waals surface area contributed by atoms with E-state index < -0.39 is 0 Å². The molecule has 9 heteroatoms. The third kappa shape index (κ3) is 4.28. The molecule has 2 aromatic heterocycles. The van der Waals surface area contributed by atoms with Crippen LogP contribution in [0.3, 0.4) is 0 Å². The summed E-state index contributed by atoms with van der Waals surface area (Å²) in [7, 11) is 0. The first-order valence-electron chi connectivity index (χ1n) is 7.30. The molecule has 0 spiro atoms. The van der Waals surface area contributed by atoms with Gasteiger partial charge in [0.15, 0.2) is 16.1 Å². The van der Waals surface area contributed by atoms with E-state index in [4.69, 9.17) is 11.6 Å². The number of thioether (sulfide) groups is 1. The van der Waals surface area contributed by atoms with E-state index in [0.717, 1.165) is 5.56 Å². The Morgan fingerprint density at radius 2 is 2.24 bits per heavy atom. The molecule has 6 nitrogen and oxygen atoms in total. The number of nitrogens with one attached hydrogen (secondary N) is 1. The molecule has 0 unspecified atom stereocenters. The van der Waals surface area contributed by atoms with Gasteiger partial charge in [0.2, 0.25) is 5.91 Å². The van der Waals surface area contributed by atoms with Crippen LogP contribution >= 0.6 is 34.7 Å². The number of aromatic nitrogens is 4. The predicted molar refractivity (Wildman–Crippen MR) is 102 cm³/mol. The summed E-state index contributed by atoms with van der Waals surface area (Å²) in [6.45, 7) is 4.29. The lowest BCUT2D eigenvalue weighted by Gasteiger charge is -2.08. The van der Waals surface area contributed by atoms with Gasteiger partial charge in [-0.3, -0.25) is 9.36 Å². The molecule has 0 aliphatic rings. The van der Waals surface area contributed by atoms with Gasteiger partial charge in [0.1, 0.15) is 0 Å². The lowest BCUT2D eigenvalue weighted by molar-refractivity contribution is -0.113. The van der Waals surface area contributed by atoms with Gasteiger partial charge < -0.3 is 5.32 Å². The quantitative estimate of drug-likeness (QED) is 0.487. The van der Waals surface area contributed by atoms with Gasteiger partial charge in [0.25, 0.3) is 0 Å². The number of anilines is 1. The van der Waals surface area contributed by atoms with Crippen molar-refractivity contribution in [2.75, 3.05) is 11.1 Å². The summed E-state index contributed by atoms with van der Waals surface area (Å²) in [4.78, 5) is 16.0. The van der Waals surface area contributed by atoms with E-state index >= 15 is 0 Å². The minimum atomic E-state index is -0.146. The number of amides is 1. The van der Waals surface area contributed by atoms with Crippen molar-refractivity contribution in [1.82, 2.24) is 19.7 Å². The number of rotatable bonds is 7. The van der Waals surface area contributed by atoms with Crippen LogP contribution in [0.25, 0.3) is 11.4 Å². The first kappa shape index (κ1) is 17.7. The molecule has 0 aliphatic carbocycles. The number of hydrogen-bond donors (Lipinski definition) is 1. The molecule has 0 bridgehead atoms. The van der Waals surface area contributed by atoms with Crippen molar-refractivity contribution in [1.29, 1.82) is 0 Å². The minimum Gasteiger partial charge on any atom is -0.301 e. The zero-order valence-corrected chi connectivity index (χ0v) is 15.4. The standard InChI is InChI=1S/C16H14ClN5OS2/c1-2-8-22-14(11-5-3-4-6-12(11)17)20-21-16(22)25-10-13(23)19-15-18-7-9-24-15/h2-7,9H,1,8,10H2,(H,18,19,23). The number of nitrogens with zero attached hydrogens (tertiary/aromatic N) is 4. The van der Waals surface area contributed by atoms with Crippen LogP contribution in [0.5, 0.6) is 0 Å². The first-order chi connectivity index (χ1) is 12.2. The summed E-state index contributed by atoms with van der Waals surface area (Å²) in [5, 5.41) is 14.8. The summed E-state index contributed by atoms with van der Waals surface area (Å²) >= 11 is 8.94. The van der Waals surface area contributed by atoms with Gasteiger partial charge >= 0.3 is 0 Å². The third-order valence-electron chi connectivity index (χ3n) is 3.15. The smallest absolute Gasteiger partial charge is 0.236 e. The Labute approximate surface area is 158 Å². The average Bonchev–Trinajstić information content (AvgIpc) is 3.24. The third-order valence-corrected chi connectivity index (χ3v) is 5.14. The van der Waals surface area contributed by atoms with Crippen LogP contribution in [-0.4, -0.2) is 31.4 Å². The Hall–Kier alpha value is -2.16. The Balaban J connectivity index is 1.76. The molecule has 2 heterocycles. The van der Waals surface area contributed by atoms with Crippen molar-refractivity contribution in [2.45, 2.75) is 11.7 Å². The second kappa shape index (κ2) is 8.28. The van der Waals surface area contributed by atoms with Crippen molar-refractivity contribution in [3.8, 4) is 11.4 Å². The van der Waals surface area contributed by atoms with Gasteiger partial charge in [-0.2, -0.15) is 0 Å². The normalized spacial score (nSPS) is 10.6. The number of carbonyl (C=O) groups is 1. The number of halogens is 1. The van der Waals surface area contributed by atoms with Crippen LogP contribution in [0.15, 0.2) is 53.7 Å². The molecule has 3 rings (SSSR count). The van der Waals surface area contributed by atoms with Crippen LogP contribution in [0.1, 0.15) is 0 Å². The summed E-state index contributed by atoms with van der Waals surface area (Å²) < 4.78 is 1.88. The lowest BCUT2D eigenvalue weighted by atomic mass is 10.2. The predicted octanol–water partition coefficient (Wildman–Crippen LogP) is 3.97. The molecule has 1 amide bonds. The van der Waals surface area contributed by atoms with E-state index in [1.54, 1.807) is 23.7 Å². The maximum atomic E-state index is 12.0. The van der Waals surface area contributed by atoms with Crippen molar-refractivity contribution in [3.05, 3.63) is 53.5 Å². The summed E-state index contributed by atoms with van der Waals surface area (Å²) in [6.07, 6.45) is 3.40. The average molecular weight is 392 g/mol. The van der Waals surface area contributed by atoms with Gasteiger partial charge in [-0.05, 0) is 12.1 Å². The second-order valence-electron chi connectivity index (χ2n) is 4.86. The molecule has 0 aliphatic heterocycles. The first-order valence-corrected chi connectivity index (χ1v) is 9.54. The molecule has 0 radical (unpaired) electrons. The molecule has 0 saturated carbocycles. The van der Waals surface area contributed by atoms with E-state index in [1.807, 2.05) is 22.8 Å². The van der Waals surface area contributed by atoms with Crippen LogP contribution in [0, 0.1) is 0 Å². The van der Waals surface area contributed by atoms with Gasteiger partial charge in [0.05, 0.1) is 10.8 Å². The topological polar surface area (TPSA) is 72.7 Å².